The number of esters is 2. The van der Waals surface area contributed by atoms with Gasteiger partial charge in [0.25, 0.3) is 23.6 Å². The van der Waals surface area contributed by atoms with Crippen molar-refractivity contribution in [2.45, 2.75) is 0 Å². The predicted molar refractivity (Wildman–Crippen MR) is 177 cm³/mol. The third kappa shape index (κ3) is 3.47. The van der Waals surface area contributed by atoms with E-state index >= 15 is 0 Å². The largest absolute Gasteiger partial charge is 0.465 e. The Bertz CT molecular complexity index is 2390. The first-order valence-corrected chi connectivity index (χ1v) is 15.9. The van der Waals surface area contributed by atoms with Crippen LogP contribution in [0.1, 0.15) is 60.8 Å². The number of aromatic nitrogens is 2. The number of fused-ring (bicyclic) bond motifs is 2. The first-order valence-electron chi connectivity index (χ1n) is 14.3. The zero-order valence-electron chi connectivity index (χ0n) is 24.6. The van der Waals surface area contributed by atoms with Crippen molar-refractivity contribution in [3.8, 4) is 0 Å². The average molecular weight is 673 g/mol. The van der Waals surface area contributed by atoms with Gasteiger partial charge in [0.1, 0.15) is 9.75 Å². The highest BCUT2D eigenvalue weighted by atomic mass is 32.1. The summed E-state index contributed by atoms with van der Waals surface area (Å²) in [5, 5.41) is 5.44. The SMILES string of the molecule is COC(=O)c1cnc(N2C(=O)c3ccc4c5ccc6c7c(ccc(c8ccc(c3c48)C2=O)c75)C(=O)N(c2ncc(C(=O)OC)s2)C6=O)s1. The molecule has 5 aromatic carbocycles. The Kier molecular flexibility index (Phi) is 5.68. The van der Waals surface area contributed by atoms with Crippen molar-refractivity contribution in [3.63, 3.8) is 0 Å². The van der Waals surface area contributed by atoms with Gasteiger partial charge in [0.15, 0.2) is 10.3 Å². The van der Waals surface area contributed by atoms with Crippen molar-refractivity contribution in [1.82, 2.24) is 9.97 Å². The number of rotatable bonds is 4. The van der Waals surface area contributed by atoms with Crippen LogP contribution in [-0.4, -0.2) is 59.8 Å². The van der Waals surface area contributed by atoms with Crippen molar-refractivity contribution in [2.24, 2.45) is 0 Å². The Morgan fingerprint density at radius 1 is 0.521 bits per heavy atom. The number of methoxy groups -OCH3 is 2. The average Bonchev–Trinajstić information content (AvgIpc) is 3.79. The van der Waals surface area contributed by atoms with E-state index in [1.165, 1.54) is 26.6 Å². The van der Waals surface area contributed by atoms with Gasteiger partial charge in [-0.25, -0.2) is 29.4 Å². The van der Waals surface area contributed by atoms with E-state index in [4.69, 9.17) is 9.47 Å². The molecule has 0 atom stereocenters. The standard InChI is InChI=1S/C34H16N4O8S2/c1-45-31(43)21-11-35-33(47-21)37-27(39)17-7-3-13-15-5-9-19-26-20(30(42)38(29(19)41)34-36-12-22(48-34)32(44)46-2)10-6-16(24(15)26)14-4-8-18(28(37)40)25(17)23(13)14/h3-12H,1-2H3. The van der Waals surface area contributed by atoms with Crippen molar-refractivity contribution < 1.29 is 38.2 Å². The van der Waals surface area contributed by atoms with E-state index < -0.39 is 35.6 Å². The lowest BCUT2D eigenvalue weighted by Gasteiger charge is -2.28. The molecule has 0 saturated carbocycles. The van der Waals surface area contributed by atoms with E-state index in [-0.39, 0.29) is 20.0 Å². The van der Waals surface area contributed by atoms with E-state index in [2.05, 4.69) is 9.97 Å². The minimum Gasteiger partial charge on any atom is -0.465 e. The van der Waals surface area contributed by atoms with Crippen molar-refractivity contribution >= 4 is 112 Å². The second-order valence-corrected chi connectivity index (χ2v) is 13.0. The molecule has 0 unspecified atom stereocenters. The zero-order chi connectivity index (χ0) is 33.2. The maximum absolute atomic E-state index is 13.9. The molecule has 2 aliphatic rings. The molecule has 232 valence electrons. The van der Waals surface area contributed by atoms with Crippen LogP contribution in [0, 0.1) is 0 Å². The third-order valence-corrected chi connectivity index (χ3v) is 10.7. The van der Waals surface area contributed by atoms with Crippen LogP contribution in [0.15, 0.2) is 60.9 Å². The second kappa shape index (κ2) is 9.70. The van der Waals surface area contributed by atoms with E-state index in [0.29, 0.717) is 43.8 Å². The zero-order valence-corrected chi connectivity index (χ0v) is 26.3. The fourth-order valence-electron chi connectivity index (χ4n) is 6.74. The second-order valence-electron chi connectivity index (χ2n) is 11.0. The molecule has 4 amide bonds. The lowest BCUT2D eigenvalue weighted by molar-refractivity contribution is 0.0597. The van der Waals surface area contributed by atoms with Crippen LogP contribution in [-0.2, 0) is 9.47 Å². The number of ether oxygens (including phenoxy) is 2. The van der Waals surface area contributed by atoms with Gasteiger partial charge in [-0.15, -0.1) is 0 Å². The topological polar surface area (TPSA) is 153 Å². The molecule has 0 saturated heterocycles. The van der Waals surface area contributed by atoms with Crippen molar-refractivity contribution in [2.75, 3.05) is 24.0 Å². The number of carbonyl (C=O) groups is 6. The van der Waals surface area contributed by atoms with Crippen LogP contribution in [0.2, 0.25) is 0 Å². The maximum Gasteiger partial charge on any atom is 0.349 e. The lowest BCUT2D eigenvalue weighted by atomic mass is 9.82. The summed E-state index contributed by atoms with van der Waals surface area (Å²) >= 11 is 1.76. The molecule has 4 heterocycles. The first kappa shape index (κ1) is 28.1. The van der Waals surface area contributed by atoms with Crippen molar-refractivity contribution in [3.05, 3.63) is 92.9 Å². The Labute approximate surface area is 276 Å². The number of amides is 4. The Balaban J connectivity index is 1.24. The number of hydrogen-bond donors (Lipinski definition) is 0. The first-order chi connectivity index (χ1) is 23.2. The minimum atomic E-state index is -0.625. The minimum absolute atomic E-state index is 0.0525. The Morgan fingerprint density at radius 2 is 0.833 bits per heavy atom. The molecule has 7 aromatic rings. The van der Waals surface area contributed by atoms with Gasteiger partial charge in [-0.3, -0.25) is 19.2 Å². The fraction of sp³-hybridized carbons (Fsp3) is 0.0588. The molecule has 0 fully saturated rings. The molecule has 0 aliphatic carbocycles. The maximum atomic E-state index is 13.9. The summed E-state index contributed by atoms with van der Waals surface area (Å²) in [6.07, 6.45) is 2.53. The van der Waals surface area contributed by atoms with Gasteiger partial charge >= 0.3 is 11.9 Å². The number of nitrogens with zero attached hydrogens (tertiary/aromatic N) is 4. The highest BCUT2D eigenvalue weighted by Gasteiger charge is 2.39. The van der Waals surface area contributed by atoms with Gasteiger partial charge in [0.2, 0.25) is 0 Å². The van der Waals surface area contributed by atoms with E-state index in [1.54, 1.807) is 48.5 Å². The number of benzene rings is 5. The monoisotopic (exact) mass is 672 g/mol. The molecule has 48 heavy (non-hydrogen) atoms. The Hall–Kier alpha value is -6.12. The van der Waals surface area contributed by atoms with Crippen LogP contribution < -0.4 is 9.80 Å². The molecule has 2 aliphatic heterocycles. The van der Waals surface area contributed by atoms with Crippen LogP contribution >= 0.6 is 22.7 Å². The fourth-order valence-corrected chi connectivity index (χ4v) is 8.40. The van der Waals surface area contributed by atoms with Gasteiger partial charge in [0.05, 0.1) is 26.6 Å². The van der Waals surface area contributed by atoms with E-state index in [0.717, 1.165) is 54.0 Å². The molecule has 9 rings (SSSR count). The van der Waals surface area contributed by atoms with Crippen LogP contribution in [0.5, 0.6) is 0 Å². The van der Waals surface area contributed by atoms with Gasteiger partial charge in [-0.1, -0.05) is 46.9 Å². The number of anilines is 2. The summed E-state index contributed by atoms with van der Waals surface area (Å²) in [5.74, 6) is -3.56. The predicted octanol–water partition coefficient (Wildman–Crippen LogP) is 5.82. The third-order valence-electron chi connectivity index (χ3n) is 8.78. The van der Waals surface area contributed by atoms with Gasteiger partial charge in [-0.05, 0) is 56.6 Å². The van der Waals surface area contributed by atoms with Gasteiger partial charge in [-0.2, -0.15) is 0 Å². The highest BCUT2D eigenvalue weighted by Crippen LogP contribution is 2.47. The number of thiazole rings is 2. The molecule has 0 radical (unpaired) electrons. The summed E-state index contributed by atoms with van der Waals surface area (Å²) in [7, 11) is 2.47. The molecular formula is C34H16N4O8S2. The normalized spacial score (nSPS) is 14.3. The number of imide groups is 2. The van der Waals surface area contributed by atoms with Crippen LogP contribution in [0.3, 0.4) is 0 Å². The van der Waals surface area contributed by atoms with E-state index in [1.807, 2.05) is 0 Å². The Morgan fingerprint density at radius 3 is 1.12 bits per heavy atom. The quantitative estimate of drug-likeness (QED) is 0.0967. The number of hydrogen-bond acceptors (Lipinski definition) is 12. The van der Waals surface area contributed by atoms with Crippen LogP contribution in [0.4, 0.5) is 10.3 Å². The summed E-state index contributed by atoms with van der Waals surface area (Å²) < 4.78 is 9.50. The summed E-state index contributed by atoms with van der Waals surface area (Å²) in [5.41, 5.74) is 1.18. The van der Waals surface area contributed by atoms with Gasteiger partial charge in [0, 0.05) is 33.0 Å². The van der Waals surface area contributed by atoms with Crippen molar-refractivity contribution in [1.29, 1.82) is 0 Å². The molecule has 2 aromatic heterocycles. The molecular weight excluding hydrogens is 657 g/mol. The molecule has 0 N–H and O–H groups in total. The molecule has 12 nitrogen and oxygen atoms in total. The van der Waals surface area contributed by atoms with E-state index in [9.17, 15) is 28.8 Å². The molecule has 0 spiro atoms. The van der Waals surface area contributed by atoms with Gasteiger partial charge < -0.3 is 9.47 Å². The summed E-state index contributed by atoms with van der Waals surface area (Å²) in [6.45, 7) is 0. The smallest absolute Gasteiger partial charge is 0.349 e. The molecule has 14 heteroatoms. The summed E-state index contributed by atoms with van der Waals surface area (Å²) in [6, 6.07) is 13.8. The van der Waals surface area contributed by atoms with Crippen LogP contribution in [0.25, 0.3) is 43.1 Å². The molecule has 0 bridgehead atoms. The highest BCUT2D eigenvalue weighted by molar-refractivity contribution is 7.18. The summed E-state index contributed by atoms with van der Waals surface area (Å²) in [4.78, 5) is 90.2. The number of carbonyl (C=O) groups excluding carboxylic acids is 6. The lowest BCUT2D eigenvalue weighted by Crippen LogP contribution is -2.40.